The predicted octanol–water partition coefficient (Wildman–Crippen LogP) is 2.59. The van der Waals surface area contributed by atoms with Crippen LogP contribution in [-0.2, 0) is 5.75 Å². The molecule has 0 aliphatic rings. The number of nitrogens with zero attached hydrogens (tertiary/aromatic N) is 2. The van der Waals surface area contributed by atoms with Crippen LogP contribution in [0.2, 0.25) is 0 Å². The molecule has 0 bridgehead atoms. The van der Waals surface area contributed by atoms with E-state index in [2.05, 4.69) is 10.2 Å². The lowest BCUT2D eigenvalue weighted by molar-refractivity contribution is 0.0702. The SMILES string of the molecule is O=C(O)c1ccc(CSc2nncs2)s1. The van der Waals surface area contributed by atoms with Gasteiger partial charge in [0.05, 0.1) is 0 Å². The van der Waals surface area contributed by atoms with E-state index in [9.17, 15) is 4.79 Å². The van der Waals surface area contributed by atoms with Crippen LogP contribution in [0.1, 0.15) is 14.5 Å². The summed E-state index contributed by atoms with van der Waals surface area (Å²) in [7, 11) is 0. The van der Waals surface area contributed by atoms with Crippen molar-refractivity contribution in [1.29, 1.82) is 0 Å². The van der Waals surface area contributed by atoms with Gasteiger partial charge in [-0.1, -0.05) is 23.1 Å². The van der Waals surface area contributed by atoms with Gasteiger partial charge in [0.1, 0.15) is 10.4 Å². The summed E-state index contributed by atoms with van der Waals surface area (Å²) in [6, 6.07) is 3.46. The quantitative estimate of drug-likeness (QED) is 0.854. The van der Waals surface area contributed by atoms with Crippen molar-refractivity contribution in [3.8, 4) is 0 Å². The number of hydrogen-bond donors (Lipinski definition) is 1. The predicted molar refractivity (Wildman–Crippen MR) is 60.7 cm³/mol. The zero-order chi connectivity index (χ0) is 10.7. The number of carboxylic acids is 1. The summed E-state index contributed by atoms with van der Waals surface area (Å²) in [5.41, 5.74) is 1.68. The van der Waals surface area contributed by atoms with Gasteiger partial charge in [-0.15, -0.1) is 21.5 Å². The average Bonchev–Trinajstić information content (AvgIpc) is 2.86. The third kappa shape index (κ3) is 2.77. The molecule has 0 saturated heterocycles. The smallest absolute Gasteiger partial charge is 0.345 e. The van der Waals surface area contributed by atoms with E-state index >= 15 is 0 Å². The molecule has 0 amide bonds. The van der Waals surface area contributed by atoms with Crippen LogP contribution in [0.5, 0.6) is 0 Å². The van der Waals surface area contributed by atoms with Crippen molar-refractivity contribution >= 4 is 40.4 Å². The van der Waals surface area contributed by atoms with Crippen LogP contribution in [0.3, 0.4) is 0 Å². The molecule has 0 radical (unpaired) electrons. The third-order valence-electron chi connectivity index (χ3n) is 1.55. The minimum Gasteiger partial charge on any atom is -0.477 e. The highest BCUT2D eigenvalue weighted by Gasteiger charge is 2.07. The fourth-order valence-electron chi connectivity index (χ4n) is 0.929. The van der Waals surface area contributed by atoms with Gasteiger partial charge in [0.2, 0.25) is 0 Å². The van der Waals surface area contributed by atoms with E-state index in [0.717, 1.165) is 15.0 Å². The summed E-state index contributed by atoms with van der Waals surface area (Å²) in [5, 5.41) is 16.4. The molecule has 4 nitrogen and oxygen atoms in total. The van der Waals surface area contributed by atoms with Gasteiger partial charge in [0.15, 0.2) is 4.34 Å². The maximum Gasteiger partial charge on any atom is 0.345 e. The van der Waals surface area contributed by atoms with Gasteiger partial charge >= 0.3 is 5.97 Å². The van der Waals surface area contributed by atoms with Gasteiger partial charge < -0.3 is 5.11 Å². The van der Waals surface area contributed by atoms with Crippen LogP contribution >= 0.6 is 34.4 Å². The lowest BCUT2D eigenvalue weighted by Crippen LogP contribution is -1.89. The lowest BCUT2D eigenvalue weighted by Gasteiger charge is -1.91. The van der Waals surface area contributed by atoms with Gasteiger partial charge in [-0.2, -0.15) is 0 Å². The number of aromatic nitrogens is 2. The Morgan fingerprint density at radius 3 is 3.00 bits per heavy atom. The summed E-state index contributed by atoms with van der Waals surface area (Å²) in [5.74, 6) is -0.125. The topological polar surface area (TPSA) is 63.1 Å². The molecular weight excluding hydrogens is 252 g/mol. The Labute approximate surface area is 98.0 Å². The van der Waals surface area contributed by atoms with Crippen molar-refractivity contribution in [3.05, 3.63) is 27.4 Å². The molecule has 0 fully saturated rings. The highest BCUT2D eigenvalue weighted by atomic mass is 32.2. The van der Waals surface area contributed by atoms with E-state index in [0.29, 0.717) is 4.88 Å². The molecule has 0 aromatic carbocycles. The third-order valence-corrected chi connectivity index (χ3v) is 4.72. The molecule has 0 aliphatic heterocycles. The monoisotopic (exact) mass is 258 g/mol. The fourth-order valence-corrected chi connectivity index (χ4v) is 3.31. The van der Waals surface area contributed by atoms with Crippen molar-refractivity contribution in [2.45, 2.75) is 10.1 Å². The van der Waals surface area contributed by atoms with Gasteiger partial charge in [0, 0.05) is 10.6 Å². The number of rotatable bonds is 4. The second-order valence-electron chi connectivity index (χ2n) is 2.56. The van der Waals surface area contributed by atoms with E-state index in [1.807, 2.05) is 6.07 Å². The minimum atomic E-state index is -0.868. The maximum absolute atomic E-state index is 10.6. The highest BCUT2D eigenvalue weighted by molar-refractivity contribution is 8.00. The second kappa shape index (κ2) is 4.73. The van der Waals surface area contributed by atoms with Gasteiger partial charge in [-0.25, -0.2) is 4.79 Å². The number of carboxylic acid groups (broad SMARTS) is 1. The van der Waals surface area contributed by atoms with Crippen LogP contribution in [0.15, 0.2) is 22.0 Å². The molecule has 2 aromatic heterocycles. The lowest BCUT2D eigenvalue weighted by atomic mass is 10.4. The number of thiophene rings is 1. The zero-order valence-corrected chi connectivity index (χ0v) is 9.86. The maximum atomic E-state index is 10.6. The number of hydrogen-bond acceptors (Lipinski definition) is 6. The Kier molecular flexibility index (Phi) is 3.34. The molecule has 2 rings (SSSR count). The van der Waals surface area contributed by atoms with Gasteiger partial charge in [0.25, 0.3) is 0 Å². The van der Waals surface area contributed by atoms with Crippen molar-refractivity contribution in [2.75, 3.05) is 0 Å². The molecule has 0 saturated carbocycles. The molecule has 78 valence electrons. The summed E-state index contributed by atoms with van der Waals surface area (Å²) >= 11 is 4.35. The molecule has 2 heterocycles. The van der Waals surface area contributed by atoms with Crippen molar-refractivity contribution in [2.24, 2.45) is 0 Å². The average molecular weight is 258 g/mol. The summed E-state index contributed by atoms with van der Waals surface area (Å²) < 4.78 is 0.903. The number of thioether (sulfide) groups is 1. The van der Waals surface area contributed by atoms with Gasteiger partial charge in [-0.05, 0) is 12.1 Å². The normalized spacial score (nSPS) is 10.4. The van der Waals surface area contributed by atoms with E-state index in [-0.39, 0.29) is 0 Å². The first-order valence-electron chi connectivity index (χ1n) is 3.96. The highest BCUT2D eigenvalue weighted by Crippen LogP contribution is 2.27. The Balaban J connectivity index is 1.96. The first kappa shape index (κ1) is 10.6. The molecule has 2 aromatic rings. The van der Waals surface area contributed by atoms with Crippen molar-refractivity contribution in [1.82, 2.24) is 10.2 Å². The molecular formula is C8H6N2O2S3. The zero-order valence-electron chi connectivity index (χ0n) is 7.41. The van der Waals surface area contributed by atoms with E-state index < -0.39 is 5.97 Å². The van der Waals surface area contributed by atoms with Crippen molar-refractivity contribution in [3.63, 3.8) is 0 Å². The summed E-state index contributed by atoms with van der Waals surface area (Å²) in [6.45, 7) is 0. The minimum absolute atomic E-state index is 0.378. The van der Waals surface area contributed by atoms with Crippen LogP contribution in [0.4, 0.5) is 0 Å². The molecule has 1 N–H and O–H groups in total. The van der Waals surface area contributed by atoms with Crippen molar-refractivity contribution < 1.29 is 9.90 Å². The molecule has 0 atom stereocenters. The van der Waals surface area contributed by atoms with E-state index in [4.69, 9.17) is 5.11 Å². The molecule has 0 unspecified atom stereocenters. The molecule has 0 spiro atoms. The molecule has 15 heavy (non-hydrogen) atoms. The standard InChI is InChI=1S/C8H6N2O2S3/c11-7(12)6-2-1-5(15-6)3-13-8-10-9-4-14-8/h1-2,4H,3H2,(H,11,12). The first-order chi connectivity index (χ1) is 7.25. The summed E-state index contributed by atoms with van der Waals surface area (Å²) in [6.07, 6.45) is 0. The number of aromatic carboxylic acids is 1. The first-order valence-corrected chi connectivity index (χ1v) is 6.65. The van der Waals surface area contributed by atoms with E-state index in [1.54, 1.807) is 23.3 Å². The Morgan fingerprint density at radius 2 is 2.40 bits per heavy atom. The molecule has 0 aliphatic carbocycles. The Bertz CT molecular complexity index is 452. The number of carbonyl (C=O) groups is 1. The van der Waals surface area contributed by atoms with Crippen LogP contribution < -0.4 is 0 Å². The van der Waals surface area contributed by atoms with Crippen LogP contribution in [0, 0.1) is 0 Å². The second-order valence-corrected chi connectivity index (χ2v) is 5.79. The Morgan fingerprint density at radius 1 is 1.53 bits per heavy atom. The summed E-state index contributed by atoms with van der Waals surface area (Å²) in [4.78, 5) is 12.0. The molecule has 7 heteroatoms. The fraction of sp³-hybridized carbons (Fsp3) is 0.125. The Hall–Kier alpha value is -0.920. The van der Waals surface area contributed by atoms with Crippen LogP contribution in [-0.4, -0.2) is 21.3 Å². The largest absolute Gasteiger partial charge is 0.477 e. The van der Waals surface area contributed by atoms with Gasteiger partial charge in [-0.3, -0.25) is 0 Å². The van der Waals surface area contributed by atoms with Crippen LogP contribution in [0.25, 0.3) is 0 Å². The van der Waals surface area contributed by atoms with E-state index in [1.165, 1.54) is 22.7 Å².